The molecule has 2 rings (SSSR count). The van der Waals surface area contributed by atoms with Crippen LogP contribution in [0.2, 0.25) is 0 Å². The standard InChI is InChI=1S/C16H23N3O2/c1-3-12(10-21-2)19-16(20)14(17)8-11-9-18-15-7-5-4-6-13(11)15/h4-7,9,12,14,18H,3,8,10,17H2,1-2H3,(H,19,20). The summed E-state index contributed by atoms with van der Waals surface area (Å²) in [6.45, 7) is 2.51. The zero-order chi connectivity index (χ0) is 15.2. The Morgan fingerprint density at radius 1 is 1.43 bits per heavy atom. The summed E-state index contributed by atoms with van der Waals surface area (Å²) < 4.78 is 5.08. The zero-order valence-electron chi connectivity index (χ0n) is 12.6. The van der Waals surface area contributed by atoms with Crippen molar-refractivity contribution >= 4 is 16.8 Å². The Kier molecular flexibility index (Phi) is 5.36. The van der Waals surface area contributed by atoms with Crippen LogP contribution in [-0.4, -0.2) is 36.7 Å². The number of nitrogens with two attached hydrogens (primary N) is 1. The smallest absolute Gasteiger partial charge is 0.237 e. The lowest BCUT2D eigenvalue weighted by Crippen LogP contribution is -2.47. The second-order valence-corrected chi connectivity index (χ2v) is 5.24. The topological polar surface area (TPSA) is 80.1 Å². The third kappa shape index (κ3) is 3.83. The SMILES string of the molecule is CCC(COC)NC(=O)C(N)Cc1c[nH]c2ccccc12. The molecule has 0 aliphatic carbocycles. The molecule has 0 aliphatic rings. The van der Waals surface area contributed by atoms with E-state index in [-0.39, 0.29) is 11.9 Å². The third-order valence-electron chi connectivity index (χ3n) is 3.66. The Labute approximate surface area is 124 Å². The number of H-pyrrole nitrogens is 1. The van der Waals surface area contributed by atoms with Crippen molar-refractivity contribution in [2.24, 2.45) is 5.73 Å². The van der Waals surface area contributed by atoms with E-state index in [0.717, 1.165) is 22.9 Å². The van der Waals surface area contributed by atoms with Gasteiger partial charge in [-0.3, -0.25) is 4.79 Å². The van der Waals surface area contributed by atoms with Gasteiger partial charge in [-0.05, 0) is 24.5 Å². The lowest BCUT2D eigenvalue weighted by Gasteiger charge is -2.19. The van der Waals surface area contributed by atoms with E-state index < -0.39 is 6.04 Å². The fraction of sp³-hybridized carbons (Fsp3) is 0.438. The van der Waals surface area contributed by atoms with Crippen LogP contribution in [0.15, 0.2) is 30.5 Å². The molecule has 0 radical (unpaired) electrons. The van der Waals surface area contributed by atoms with Crippen molar-refractivity contribution in [3.63, 3.8) is 0 Å². The van der Waals surface area contributed by atoms with Crippen LogP contribution >= 0.6 is 0 Å². The normalized spacial score (nSPS) is 14.0. The highest BCUT2D eigenvalue weighted by molar-refractivity contribution is 5.86. The molecule has 0 bridgehead atoms. The second kappa shape index (κ2) is 7.24. The molecule has 4 N–H and O–H groups in total. The summed E-state index contributed by atoms with van der Waals surface area (Å²) in [5.41, 5.74) is 8.16. The van der Waals surface area contributed by atoms with Crippen LogP contribution in [0.1, 0.15) is 18.9 Å². The fourth-order valence-corrected chi connectivity index (χ4v) is 2.40. The van der Waals surface area contributed by atoms with Gasteiger partial charge in [-0.2, -0.15) is 0 Å². The highest BCUT2D eigenvalue weighted by Gasteiger charge is 2.18. The molecule has 2 atom stereocenters. The summed E-state index contributed by atoms with van der Waals surface area (Å²) >= 11 is 0. The van der Waals surface area contributed by atoms with Crippen LogP contribution in [0, 0.1) is 0 Å². The van der Waals surface area contributed by atoms with Crippen LogP contribution in [-0.2, 0) is 16.0 Å². The molecule has 0 spiro atoms. The van der Waals surface area contributed by atoms with Gasteiger partial charge in [0.25, 0.3) is 0 Å². The maximum atomic E-state index is 12.1. The van der Waals surface area contributed by atoms with E-state index in [0.29, 0.717) is 13.0 Å². The quantitative estimate of drug-likeness (QED) is 0.724. The first kappa shape index (κ1) is 15.5. The van der Waals surface area contributed by atoms with Crippen molar-refractivity contribution in [1.29, 1.82) is 0 Å². The van der Waals surface area contributed by atoms with Crippen LogP contribution in [0.3, 0.4) is 0 Å². The van der Waals surface area contributed by atoms with Gasteiger partial charge in [0.15, 0.2) is 0 Å². The van der Waals surface area contributed by atoms with Crippen LogP contribution in [0.5, 0.6) is 0 Å². The van der Waals surface area contributed by atoms with Gasteiger partial charge in [-0.15, -0.1) is 0 Å². The predicted molar refractivity (Wildman–Crippen MR) is 84.1 cm³/mol. The number of ether oxygens (including phenoxy) is 1. The van der Waals surface area contributed by atoms with Crippen LogP contribution in [0.4, 0.5) is 0 Å². The Hall–Kier alpha value is -1.85. The summed E-state index contributed by atoms with van der Waals surface area (Å²) in [7, 11) is 1.63. The van der Waals surface area contributed by atoms with Crippen molar-refractivity contribution in [2.75, 3.05) is 13.7 Å². The predicted octanol–water partition coefficient (Wildman–Crippen LogP) is 1.58. The molecule has 2 unspecified atom stereocenters. The van der Waals surface area contributed by atoms with Gasteiger partial charge >= 0.3 is 0 Å². The first-order valence-electron chi connectivity index (χ1n) is 7.25. The van der Waals surface area contributed by atoms with E-state index in [1.165, 1.54) is 0 Å². The molecule has 1 heterocycles. The van der Waals surface area contributed by atoms with E-state index in [2.05, 4.69) is 10.3 Å². The molecule has 5 nitrogen and oxygen atoms in total. The molecular weight excluding hydrogens is 266 g/mol. The molecule has 0 aliphatic heterocycles. The van der Waals surface area contributed by atoms with Gasteiger partial charge in [0.1, 0.15) is 0 Å². The largest absolute Gasteiger partial charge is 0.383 e. The molecule has 1 amide bonds. The molecule has 0 saturated heterocycles. The summed E-state index contributed by atoms with van der Waals surface area (Å²) in [4.78, 5) is 15.3. The van der Waals surface area contributed by atoms with Crippen molar-refractivity contribution < 1.29 is 9.53 Å². The zero-order valence-corrected chi connectivity index (χ0v) is 12.6. The Balaban J connectivity index is 2.00. The van der Waals surface area contributed by atoms with E-state index >= 15 is 0 Å². The number of fused-ring (bicyclic) bond motifs is 1. The minimum absolute atomic E-state index is 0.0107. The van der Waals surface area contributed by atoms with E-state index in [9.17, 15) is 4.79 Å². The molecule has 1 aromatic heterocycles. The van der Waals surface area contributed by atoms with Gasteiger partial charge < -0.3 is 20.8 Å². The van der Waals surface area contributed by atoms with Gasteiger partial charge in [0, 0.05) is 24.2 Å². The number of carbonyl (C=O) groups is 1. The second-order valence-electron chi connectivity index (χ2n) is 5.24. The maximum Gasteiger partial charge on any atom is 0.237 e. The minimum Gasteiger partial charge on any atom is -0.383 e. The Morgan fingerprint density at radius 3 is 2.90 bits per heavy atom. The van der Waals surface area contributed by atoms with Crippen molar-refractivity contribution in [3.05, 3.63) is 36.0 Å². The summed E-state index contributed by atoms with van der Waals surface area (Å²) in [5, 5.41) is 4.04. The number of hydrogen-bond acceptors (Lipinski definition) is 3. The number of methoxy groups -OCH3 is 1. The number of nitrogens with one attached hydrogen (secondary N) is 2. The monoisotopic (exact) mass is 289 g/mol. The summed E-state index contributed by atoms with van der Waals surface area (Å²) in [6.07, 6.45) is 3.25. The minimum atomic E-state index is -0.560. The molecule has 2 aromatic rings. The molecule has 5 heteroatoms. The number of rotatable bonds is 7. The number of aromatic amines is 1. The molecule has 114 valence electrons. The third-order valence-corrected chi connectivity index (χ3v) is 3.66. The number of carbonyl (C=O) groups excluding carboxylic acids is 1. The first-order chi connectivity index (χ1) is 10.2. The summed E-state index contributed by atoms with van der Waals surface area (Å²) in [6, 6.07) is 7.46. The number of benzene rings is 1. The van der Waals surface area contributed by atoms with E-state index in [1.807, 2.05) is 37.4 Å². The average Bonchev–Trinajstić information content (AvgIpc) is 2.90. The van der Waals surface area contributed by atoms with Gasteiger partial charge in [-0.25, -0.2) is 0 Å². The van der Waals surface area contributed by atoms with E-state index in [4.69, 9.17) is 10.5 Å². The highest BCUT2D eigenvalue weighted by Crippen LogP contribution is 2.18. The number of amides is 1. The number of aromatic nitrogens is 1. The first-order valence-corrected chi connectivity index (χ1v) is 7.25. The van der Waals surface area contributed by atoms with Gasteiger partial charge in [-0.1, -0.05) is 25.1 Å². The maximum absolute atomic E-state index is 12.1. The Bertz CT molecular complexity index is 594. The lowest BCUT2D eigenvalue weighted by molar-refractivity contribution is -0.123. The van der Waals surface area contributed by atoms with E-state index in [1.54, 1.807) is 7.11 Å². The van der Waals surface area contributed by atoms with Gasteiger partial charge in [0.2, 0.25) is 5.91 Å². The van der Waals surface area contributed by atoms with Crippen LogP contribution in [0.25, 0.3) is 10.9 Å². The van der Waals surface area contributed by atoms with Gasteiger partial charge in [0.05, 0.1) is 18.7 Å². The number of para-hydroxylation sites is 1. The molecule has 0 saturated carbocycles. The van der Waals surface area contributed by atoms with Crippen LogP contribution < -0.4 is 11.1 Å². The molecule has 21 heavy (non-hydrogen) atoms. The molecule has 1 aromatic carbocycles. The summed E-state index contributed by atoms with van der Waals surface area (Å²) in [5.74, 6) is -0.135. The van der Waals surface area contributed by atoms with Crippen molar-refractivity contribution in [1.82, 2.24) is 10.3 Å². The molecule has 0 fully saturated rings. The number of hydrogen-bond donors (Lipinski definition) is 3. The lowest BCUT2D eigenvalue weighted by atomic mass is 10.0. The van der Waals surface area contributed by atoms with Crippen molar-refractivity contribution in [3.8, 4) is 0 Å². The average molecular weight is 289 g/mol. The van der Waals surface area contributed by atoms with Crippen molar-refractivity contribution in [2.45, 2.75) is 31.8 Å². The highest BCUT2D eigenvalue weighted by atomic mass is 16.5. The molecular formula is C16H23N3O2. The Morgan fingerprint density at radius 2 is 2.19 bits per heavy atom. The fourth-order valence-electron chi connectivity index (χ4n) is 2.40.